The lowest BCUT2D eigenvalue weighted by Gasteiger charge is -2.33. The summed E-state index contributed by atoms with van der Waals surface area (Å²) in [5, 5.41) is 0. The molecule has 1 saturated heterocycles. The fourth-order valence-electron chi connectivity index (χ4n) is 2.44. The van der Waals surface area contributed by atoms with Crippen LogP contribution in [-0.4, -0.2) is 31.9 Å². The number of sulfonamides is 1. The SMILES string of the molecule is Cc1cccc(S(=O)(=O)N2CCCCC2CN)c1.Cl. The van der Waals surface area contributed by atoms with Crippen LogP contribution in [0.4, 0.5) is 0 Å². The first-order valence-electron chi connectivity index (χ1n) is 6.34. The van der Waals surface area contributed by atoms with Crippen molar-refractivity contribution in [2.75, 3.05) is 13.1 Å². The van der Waals surface area contributed by atoms with Crippen molar-refractivity contribution in [3.05, 3.63) is 29.8 Å². The van der Waals surface area contributed by atoms with Crippen molar-refractivity contribution in [2.24, 2.45) is 5.73 Å². The van der Waals surface area contributed by atoms with Gasteiger partial charge in [0.1, 0.15) is 0 Å². The Hall–Kier alpha value is -0.620. The van der Waals surface area contributed by atoms with E-state index in [1.54, 1.807) is 22.5 Å². The zero-order valence-electron chi connectivity index (χ0n) is 11.1. The van der Waals surface area contributed by atoms with Crippen LogP contribution < -0.4 is 5.73 Å². The average Bonchev–Trinajstić information content (AvgIpc) is 2.38. The molecule has 1 heterocycles. The van der Waals surface area contributed by atoms with Gasteiger partial charge in [-0.3, -0.25) is 0 Å². The van der Waals surface area contributed by atoms with Crippen LogP contribution in [0.1, 0.15) is 24.8 Å². The average molecular weight is 305 g/mol. The highest BCUT2D eigenvalue weighted by Gasteiger charge is 2.32. The third-order valence-electron chi connectivity index (χ3n) is 3.44. The first kappa shape index (κ1) is 16.4. The van der Waals surface area contributed by atoms with Gasteiger partial charge in [-0.15, -0.1) is 12.4 Å². The molecular weight excluding hydrogens is 284 g/mol. The van der Waals surface area contributed by atoms with Crippen molar-refractivity contribution in [3.63, 3.8) is 0 Å². The largest absolute Gasteiger partial charge is 0.329 e. The molecule has 108 valence electrons. The molecule has 0 saturated carbocycles. The zero-order valence-corrected chi connectivity index (χ0v) is 12.7. The predicted octanol–water partition coefficient (Wildman–Crippen LogP) is 1.92. The standard InChI is InChI=1S/C13H20N2O2S.ClH/c1-11-5-4-7-13(9-11)18(16,17)15-8-3-2-6-12(15)10-14;/h4-5,7,9,12H,2-3,6,8,10,14H2,1H3;1H. The third-order valence-corrected chi connectivity index (χ3v) is 5.39. The minimum absolute atomic E-state index is 0. The number of piperidine rings is 1. The van der Waals surface area contributed by atoms with Crippen LogP contribution in [0.25, 0.3) is 0 Å². The van der Waals surface area contributed by atoms with Crippen LogP contribution in [0.2, 0.25) is 0 Å². The lowest BCUT2D eigenvalue weighted by molar-refractivity contribution is 0.257. The van der Waals surface area contributed by atoms with Crippen LogP contribution in [0, 0.1) is 6.92 Å². The smallest absolute Gasteiger partial charge is 0.243 e. The highest BCUT2D eigenvalue weighted by Crippen LogP contribution is 2.25. The summed E-state index contributed by atoms with van der Waals surface area (Å²) >= 11 is 0. The lowest BCUT2D eigenvalue weighted by Crippen LogP contribution is -2.47. The summed E-state index contributed by atoms with van der Waals surface area (Å²) in [4.78, 5) is 0.378. The van der Waals surface area contributed by atoms with Crippen molar-refractivity contribution >= 4 is 22.4 Å². The highest BCUT2D eigenvalue weighted by molar-refractivity contribution is 7.89. The first-order chi connectivity index (χ1) is 8.55. The molecule has 1 aromatic rings. The number of rotatable bonds is 3. The second-order valence-corrected chi connectivity index (χ2v) is 6.71. The summed E-state index contributed by atoms with van der Waals surface area (Å²) in [5.41, 5.74) is 6.65. The maximum absolute atomic E-state index is 12.6. The Morgan fingerprint density at radius 2 is 2.11 bits per heavy atom. The summed E-state index contributed by atoms with van der Waals surface area (Å²) in [6, 6.07) is 7.01. The maximum atomic E-state index is 12.6. The molecule has 0 aromatic heterocycles. The van der Waals surface area contributed by atoms with Crippen molar-refractivity contribution in [1.82, 2.24) is 4.31 Å². The molecule has 2 rings (SSSR count). The van der Waals surface area contributed by atoms with E-state index < -0.39 is 10.0 Å². The second kappa shape index (κ2) is 6.70. The molecule has 1 unspecified atom stereocenters. The van der Waals surface area contributed by atoms with Crippen molar-refractivity contribution in [2.45, 2.75) is 37.1 Å². The number of nitrogens with zero attached hydrogens (tertiary/aromatic N) is 1. The molecule has 1 aliphatic heterocycles. The fraction of sp³-hybridized carbons (Fsp3) is 0.538. The molecule has 0 amide bonds. The van der Waals surface area contributed by atoms with Gasteiger partial charge in [0.05, 0.1) is 4.90 Å². The molecule has 0 aliphatic carbocycles. The normalized spacial score (nSPS) is 20.8. The summed E-state index contributed by atoms with van der Waals surface area (Å²) in [5.74, 6) is 0. The minimum atomic E-state index is -3.39. The van der Waals surface area contributed by atoms with E-state index in [1.807, 2.05) is 13.0 Å². The molecule has 1 aliphatic rings. The van der Waals surface area contributed by atoms with Gasteiger partial charge >= 0.3 is 0 Å². The Labute approximate surface area is 121 Å². The molecule has 0 spiro atoms. The van der Waals surface area contributed by atoms with Crippen molar-refractivity contribution < 1.29 is 8.42 Å². The molecule has 1 aromatic carbocycles. The number of nitrogens with two attached hydrogens (primary N) is 1. The van der Waals surface area contributed by atoms with E-state index in [2.05, 4.69) is 0 Å². The quantitative estimate of drug-likeness (QED) is 0.928. The number of aryl methyl sites for hydroxylation is 1. The van der Waals surface area contributed by atoms with Gasteiger partial charge in [0.2, 0.25) is 10.0 Å². The van der Waals surface area contributed by atoms with Crippen molar-refractivity contribution in [1.29, 1.82) is 0 Å². The topological polar surface area (TPSA) is 63.4 Å². The van der Waals surface area contributed by atoms with Gasteiger partial charge in [0.15, 0.2) is 0 Å². The molecule has 1 atom stereocenters. The van der Waals surface area contributed by atoms with Gasteiger partial charge < -0.3 is 5.73 Å². The van der Waals surface area contributed by atoms with Gasteiger partial charge in [0, 0.05) is 19.1 Å². The van der Waals surface area contributed by atoms with Gasteiger partial charge in [-0.2, -0.15) is 4.31 Å². The molecular formula is C13H21ClN2O2S. The summed E-state index contributed by atoms with van der Waals surface area (Å²) in [6.45, 7) is 2.87. The molecule has 2 N–H and O–H groups in total. The molecule has 1 fully saturated rings. The third kappa shape index (κ3) is 3.48. The van der Waals surface area contributed by atoms with Crippen LogP contribution in [-0.2, 0) is 10.0 Å². The van der Waals surface area contributed by atoms with Crippen LogP contribution in [0.3, 0.4) is 0 Å². The zero-order chi connectivity index (χ0) is 13.2. The van der Waals surface area contributed by atoms with E-state index >= 15 is 0 Å². The van der Waals surface area contributed by atoms with Crippen LogP contribution >= 0.6 is 12.4 Å². The predicted molar refractivity (Wildman–Crippen MR) is 79.0 cm³/mol. The van der Waals surface area contributed by atoms with Gasteiger partial charge in [-0.05, 0) is 37.5 Å². The number of hydrogen-bond donors (Lipinski definition) is 1. The van der Waals surface area contributed by atoms with Gasteiger partial charge in [-0.25, -0.2) is 8.42 Å². The molecule has 0 bridgehead atoms. The Balaban J connectivity index is 0.00000180. The Bertz CT molecular complexity index is 519. The summed E-state index contributed by atoms with van der Waals surface area (Å²) < 4.78 is 26.7. The fourth-order valence-corrected chi connectivity index (χ4v) is 4.25. The van der Waals surface area contributed by atoms with E-state index in [-0.39, 0.29) is 18.4 Å². The number of hydrogen-bond acceptors (Lipinski definition) is 3. The van der Waals surface area contributed by atoms with E-state index in [1.165, 1.54) is 0 Å². The minimum Gasteiger partial charge on any atom is -0.329 e. The van der Waals surface area contributed by atoms with Gasteiger partial charge in [-0.1, -0.05) is 18.6 Å². The molecule has 0 radical (unpaired) electrons. The van der Waals surface area contributed by atoms with E-state index in [9.17, 15) is 8.42 Å². The molecule has 19 heavy (non-hydrogen) atoms. The number of benzene rings is 1. The highest BCUT2D eigenvalue weighted by atomic mass is 35.5. The summed E-state index contributed by atoms with van der Waals surface area (Å²) in [6.07, 6.45) is 2.84. The maximum Gasteiger partial charge on any atom is 0.243 e. The van der Waals surface area contributed by atoms with Gasteiger partial charge in [0.25, 0.3) is 0 Å². The van der Waals surface area contributed by atoms with E-state index in [0.29, 0.717) is 18.0 Å². The van der Waals surface area contributed by atoms with Crippen LogP contribution in [0.5, 0.6) is 0 Å². The van der Waals surface area contributed by atoms with Crippen LogP contribution in [0.15, 0.2) is 29.2 Å². The van der Waals surface area contributed by atoms with E-state index in [4.69, 9.17) is 5.73 Å². The monoisotopic (exact) mass is 304 g/mol. The van der Waals surface area contributed by atoms with E-state index in [0.717, 1.165) is 24.8 Å². The Morgan fingerprint density at radius 3 is 2.74 bits per heavy atom. The van der Waals surface area contributed by atoms with Crippen molar-refractivity contribution in [3.8, 4) is 0 Å². The first-order valence-corrected chi connectivity index (χ1v) is 7.78. The Kier molecular flexibility index (Phi) is 5.80. The second-order valence-electron chi connectivity index (χ2n) is 4.82. The summed E-state index contributed by atoms with van der Waals surface area (Å²) in [7, 11) is -3.39. The molecule has 4 nitrogen and oxygen atoms in total. The Morgan fingerprint density at radius 1 is 1.37 bits per heavy atom. The lowest BCUT2D eigenvalue weighted by atomic mass is 10.1. The number of halogens is 1. The molecule has 6 heteroatoms.